The Labute approximate surface area is 70.4 Å². The number of aromatic nitrogens is 1. The zero-order valence-corrected chi connectivity index (χ0v) is 7.19. The third-order valence-electron chi connectivity index (χ3n) is 1.69. The summed E-state index contributed by atoms with van der Waals surface area (Å²) in [5, 5.41) is 4.01. The van der Waals surface area contributed by atoms with Crippen molar-refractivity contribution in [3.05, 3.63) is 18.5 Å². The van der Waals surface area contributed by atoms with Crippen molar-refractivity contribution in [3.63, 3.8) is 0 Å². The van der Waals surface area contributed by atoms with Crippen molar-refractivity contribution in [3.8, 4) is 0 Å². The molecule has 1 N–H and O–H groups in total. The summed E-state index contributed by atoms with van der Waals surface area (Å²) in [6.45, 7) is 3.27. The number of hydrogen-bond acceptors (Lipinski definition) is 3. The number of nitrogens with zero attached hydrogens (tertiary/aromatic N) is 1. The Morgan fingerprint density at radius 3 is 3.55 bits per heavy atom. The lowest BCUT2D eigenvalue weighted by atomic mass is 10.3. The minimum absolute atomic E-state index is 0.659. The van der Waals surface area contributed by atoms with E-state index in [9.17, 15) is 0 Å². The van der Waals surface area contributed by atoms with Crippen LogP contribution < -0.4 is 5.32 Å². The smallest absolute Gasteiger partial charge is 0.0510 e. The predicted molar refractivity (Wildman–Crippen MR) is 48.0 cm³/mol. The first kappa shape index (κ1) is 6.98. The van der Waals surface area contributed by atoms with Crippen LogP contribution in [-0.4, -0.2) is 16.8 Å². The molecule has 0 radical (unpaired) electrons. The second kappa shape index (κ2) is 2.74. The fraction of sp³-hybridized carbons (Fsp3) is 0.375. The maximum absolute atomic E-state index is 4.07. The van der Waals surface area contributed by atoms with Gasteiger partial charge in [0.1, 0.15) is 0 Å². The monoisotopic (exact) mass is 166 g/mol. The lowest BCUT2D eigenvalue weighted by Gasteiger charge is -2.21. The van der Waals surface area contributed by atoms with Crippen LogP contribution in [0.2, 0.25) is 0 Å². The van der Waals surface area contributed by atoms with Crippen LogP contribution in [0.4, 0.5) is 5.69 Å². The summed E-state index contributed by atoms with van der Waals surface area (Å²) in [6.07, 6.45) is 3.74. The van der Waals surface area contributed by atoms with Gasteiger partial charge in [-0.25, -0.2) is 0 Å². The number of pyridine rings is 1. The van der Waals surface area contributed by atoms with E-state index in [1.54, 1.807) is 0 Å². The third-order valence-corrected chi connectivity index (χ3v) is 2.84. The molecule has 11 heavy (non-hydrogen) atoms. The van der Waals surface area contributed by atoms with E-state index in [0.717, 1.165) is 6.54 Å². The van der Waals surface area contributed by atoms with E-state index in [1.807, 2.05) is 30.2 Å². The van der Waals surface area contributed by atoms with Gasteiger partial charge in [-0.1, -0.05) is 6.92 Å². The number of fused-ring (bicyclic) bond motifs is 1. The molecule has 0 saturated carbocycles. The topological polar surface area (TPSA) is 24.9 Å². The second-order valence-electron chi connectivity index (χ2n) is 2.68. The quantitative estimate of drug-likeness (QED) is 0.638. The Hall–Kier alpha value is -0.700. The molecule has 0 aliphatic carbocycles. The summed E-state index contributed by atoms with van der Waals surface area (Å²) in [5.41, 5.74) is 1.23. The standard InChI is InChI=1S/C8H10N2S/c1-6-4-10-7-2-3-9-5-8(7)11-6/h2-3,5-6,10H,4H2,1H3. The molecule has 0 fully saturated rings. The van der Waals surface area contributed by atoms with Crippen molar-refractivity contribution in [2.75, 3.05) is 11.9 Å². The first-order valence-electron chi connectivity index (χ1n) is 3.71. The van der Waals surface area contributed by atoms with Gasteiger partial charge >= 0.3 is 0 Å². The molecule has 2 rings (SSSR count). The number of thioether (sulfide) groups is 1. The molecule has 3 heteroatoms. The molecule has 0 aromatic carbocycles. The molecule has 1 atom stereocenters. The van der Waals surface area contributed by atoms with E-state index in [0.29, 0.717) is 5.25 Å². The predicted octanol–water partition coefficient (Wildman–Crippen LogP) is 1.99. The summed E-state index contributed by atoms with van der Waals surface area (Å²) in [7, 11) is 0. The average Bonchev–Trinajstić information content (AvgIpc) is 2.04. The Morgan fingerprint density at radius 1 is 1.73 bits per heavy atom. The SMILES string of the molecule is CC1CNc2ccncc2S1. The Kier molecular flexibility index (Phi) is 1.74. The number of nitrogens with one attached hydrogen (secondary N) is 1. The highest BCUT2D eigenvalue weighted by atomic mass is 32.2. The van der Waals surface area contributed by atoms with E-state index < -0.39 is 0 Å². The van der Waals surface area contributed by atoms with Crippen molar-refractivity contribution in [1.82, 2.24) is 4.98 Å². The molecular formula is C8H10N2S. The molecule has 2 heterocycles. The van der Waals surface area contributed by atoms with Crippen LogP contribution in [0.5, 0.6) is 0 Å². The lowest BCUT2D eigenvalue weighted by molar-refractivity contribution is 0.968. The van der Waals surface area contributed by atoms with E-state index >= 15 is 0 Å². The molecule has 0 bridgehead atoms. The van der Waals surface area contributed by atoms with E-state index in [1.165, 1.54) is 10.6 Å². The highest BCUT2D eigenvalue weighted by Gasteiger charge is 2.13. The fourth-order valence-corrected chi connectivity index (χ4v) is 2.12. The van der Waals surface area contributed by atoms with Crippen LogP contribution in [0.1, 0.15) is 6.92 Å². The molecule has 0 amide bonds. The minimum atomic E-state index is 0.659. The summed E-state index contributed by atoms with van der Waals surface area (Å²) < 4.78 is 0. The van der Waals surface area contributed by atoms with Crippen molar-refractivity contribution in [1.29, 1.82) is 0 Å². The molecular weight excluding hydrogens is 156 g/mol. The molecule has 1 unspecified atom stereocenters. The number of rotatable bonds is 0. The zero-order valence-electron chi connectivity index (χ0n) is 6.37. The largest absolute Gasteiger partial charge is 0.383 e. The molecule has 0 saturated heterocycles. The highest BCUT2D eigenvalue weighted by Crippen LogP contribution is 2.33. The van der Waals surface area contributed by atoms with Gasteiger partial charge in [-0.3, -0.25) is 4.98 Å². The zero-order chi connectivity index (χ0) is 7.68. The van der Waals surface area contributed by atoms with Crippen molar-refractivity contribution >= 4 is 17.4 Å². The van der Waals surface area contributed by atoms with E-state index in [-0.39, 0.29) is 0 Å². The first-order chi connectivity index (χ1) is 5.36. The highest BCUT2D eigenvalue weighted by molar-refractivity contribution is 8.00. The average molecular weight is 166 g/mol. The van der Waals surface area contributed by atoms with Crippen molar-refractivity contribution in [2.24, 2.45) is 0 Å². The Morgan fingerprint density at radius 2 is 2.64 bits per heavy atom. The van der Waals surface area contributed by atoms with Gasteiger partial charge in [0.25, 0.3) is 0 Å². The first-order valence-corrected chi connectivity index (χ1v) is 4.59. The molecule has 1 aromatic heterocycles. The molecule has 58 valence electrons. The van der Waals surface area contributed by atoms with Crippen LogP contribution in [0, 0.1) is 0 Å². The van der Waals surface area contributed by atoms with Crippen molar-refractivity contribution < 1.29 is 0 Å². The van der Waals surface area contributed by atoms with Gasteiger partial charge < -0.3 is 5.32 Å². The van der Waals surface area contributed by atoms with Gasteiger partial charge in [0, 0.05) is 29.1 Å². The van der Waals surface area contributed by atoms with Gasteiger partial charge in [0.2, 0.25) is 0 Å². The molecule has 1 aliphatic rings. The summed E-state index contributed by atoms with van der Waals surface area (Å²) in [6, 6.07) is 2.02. The van der Waals surface area contributed by atoms with E-state index in [2.05, 4.69) is 17.2 Å². The van der Waals surface area contributed by atoms with Crippen LogP contribution in [0.15, 0.2) is 23.4 Å². The van der Waals surface area contributed by atoms with Gasteiger partial charge in [-0.2, -0.15) is 0 Å². The molecule has 0 spiro atoms. The van der Waals surface area contributed by atoms with Gasteiger partial charge in [-0.05, 0) is 6.07 Å². The minimum Gasteiger partial charge on any atom is -0.383 e. The van der Waals surface area contributed by atoms with Crippen LogP contribution in [-0.2, 0) is 0 Å². The summed E-state index contributed by atoms with van der Waals surface area (Å²) in [4.78, 5) is 5.34. The lowest BCUT2D eigenvalue weighted by Crippen LogP contribution is -2.18. The third kappa shape index (κ3) is 1.33. The number of hydrogen-bond donors (Lipinski definition) is 1. The van der Waals surface area contributed by atoms with Crippen molar-refractivity contribution in [2.45, 2.75) is 17.1 Å². The van der Waals surface area contributed by atoms with Gasteiger partial charge in [0.05, 0.1) is 5.69 Å². The maximum Gasteiger partial charge on any atom is 0.0510 e. The molecule has 1 aromatic rings. The molecule has 1 aliphatic heterocycles. The van der Waals surface area contributed by atoms with Crippen LogP contribution >= 0.6 is 11.8 Å². The van der Waals surface area contributed by atoms with Crippen LogP contribution in [0.3, 0.4) is 0 Å². The fourth-order valence-electron chi connectivity index (χ4n) is 1.13. The summed E-state index contributed by atoms with van der Waals surface area (Å²) >= 11 is 1.89. The van der Waals surface area contributed by atoms with Gasteiger partial charge in [-0.15, -0.1) is 11.8 Å². The Bertz CT molecular complexity index is 262. The summed E-state index contributed by atoms with van der Waals surface area (Å²) in [5.74, 6) is 0. The number of anilines is 1. The van der Waals surface area contributed by atoms with Gasteiger partial charge in [0.15, 0.2) is 0 Å². The normalized spacial score (nSPS) is 22.1. The Balaban J connectivity index is 2.34. The van der Waals surface area contributed by atoms with Crippen LogP contribution in [0.25, 0.3) is 0 Å². The molecule has 2 nitrogen and oxygen atoms in total. The second-order valence-corrected chi connectivity index (χ2v) is 4.16. The maximum atomic E-state index is 4.07. The van der Waals surface area contributed by atoms with E-state index in [4.69, 9.17) is 0 Å².